The van der Waals surface area contributed by atoms with E-state index >= 15 is 0 Å². The van der Waals surface area contributed by atoms with Crippen LogP contribution in [0.25, 0.3) is 0 Å². The van der Waals surface area contributed by atoms with Crippen LogP contribution in [-0.4, -0.2) is 10.3 Å². The lowest BCUT2D eigenvalue weighted by atomic mass is 10.1. The Morgan fingerprint density at radius 2 is 2.15 bits per heavy atom. The van der Waals surface area contributed by atoms with Crippen molar-refractivity contribution < 1.29 is 4.92 Å². The summed E-state index contributed by atoms with van der Waals surface area (Å²) in [5.74, 6) is 0. The zero-order valence-electron chi connectivity index (χ0n) is 6.94. The van der Waals surface area contributed by atoms with E-state index in [9.17, 15) is 10.1 Å². The Bertz CT molecular complexity index is 301. The fraction of sp³-hybridized carbons (Fsp3) is 0.222. The lowest BCUT2D eigenvalue weighted by molar-refractivity contribution is -0.385. The van der Waals surface area contributed by atoms with Crippen molar-refractivity contribution in [2.24, 2.45) is 0 Å². The van der Waals surface area contributed by atoms with E-state index in [0.717, 1.165) is 11.8 Å². The quantitative estimate of drug-likeness (QED) is 0.463. The third-order valence-electron chi connectivity index (χ3n) is 1.61. The Labute approximate surface area is 85.0 Å². The lowest BCUT2D eigenvalue weighted by Crippen LogP contribution is -1.93. The molecule has 0 heterocycles. The van der Waals surface area contributed by atoms with Crippen molar-refractivity contribution in [2.45, 2.75) is 6.42 Å². The summed E-state index contributed by atoms with van der Waals surface area (Å²) in [6.07, 6.45) is 2.65. The fourth-order valence-corrected chi connectivity index (χ4v) is 1.27. The summed E-state index contributed by atoms with van der Waals surface area (Å²) in [7, 11) is 0. The molecule has 0 bridgehead atoms. The van der Waals surface area contributed by atoms with Gasteiger partial charge in [-0.2, -0.15) is 0 Å². The molecule has 1 radical (unpaired) electrons. The van der Waals surface area contributed by atoms with Crippen molar-refractivity contribution in [2.75, 3.05) is 5.33 Å². The van der Waals surface area contributed by atoms with E-state index in [1.54, 1.807) is 18.2 Å². The largest absolute Gasteiger partial charge is 0.272 e. The minimum Gasteiger partial charge on any atom is -0.258 e. The van der Waals surface area contributed by atoms with Crippen LogP contribution in [0.15, 0.2) is 24.3 Å². The topological polar surface area (TPSA) is 43.1 Å². The van der Waals surface area contributed by atoms with Gasteiger partial charge in [0, 0.05) is 17.0 Å². The van der Waals surface area contributed by atoms with Crippen molar-refractivity contribution in [3.05, 3.63) is 46.4 Å². The molecule has 1 rings (SSSR count). The van der Waals surface area contributed by atoms with Crippen molar-refractivity contribution in [1.82, 2.24) is 0 Å². The minimum absolute atomic E-state index is 0.170. The highest BCUT2D eigenvalue weighted by Gasteiger charge is 2.10. The van der Waals surface area contributed by atoms with Gasteiger partial charge in [-0.1, -0.05) is 34.1 Å². The van der Waals surface area contributed by atoms with Crippen molar-refractivity contribution in [3.63, 3.8) is 0 Å². The number of nitro benzene ring substituents is 1. The molecule has 4 heteroatoms. The molecule has 0 fully saturated rings. The number of benzene rings is 1. The Morgan fingerprint density at radius 1 is 1.46 bits per heavy atom. The zero-order chi connectivity index (χ0) is 9.68. The second-order valence-electron chi connectivity index (χ2n) is 2.50. The summed E-state index contributed by atoms with van der Waals surface area (Å²) in [5, 5.41) is 11.4. The predicted octanol–water partition coefficient (Wildman–Crippen LogP) is 2.93. The maximum atomic E-state index is 10.6. The lowest BCUT2D eigenvalue weighted by Gasteiger charge is -1.99. The van der Waals surface area contributed by atoms with Gasteiger partial charge in [-0.3, -0.25) is 10.1 Å². The molecular formula is C9H9BrNO2. The zero-order valence-corrected chi connectivity index (χ0v) is 8.53. The predicted molar refractivity (Wildman–Crippen MR) is 54.9 cm³/mol. The summed E-state index contributed by atoms with van der Waals surface area (Å²) in [5.41, 5.74) is 0.857. The first kappa shape index (κ1) is 10.2. The second-order valence-corrected chi connectivity index (χ2v) is 3.29. The maximum Gasteiger partial charge on any atom is 0.272 e. The van der Waals surface area contributed by atoms with Crippen LogP contribution in [0.3, 0.4) is 0 Å². The Kier molecular flexibility index (Phi) is 3.89. The number of nitrogens with zero attached hydrogens (tertiary/aromatic N) is 1. The Hall–Kier alpha value is -0.900. The molecule has 0 amide bonds. The monoisotopic (exact) mass is 242 g/mol. The van der Waals surface area contributed by atoms with E-state index in [1.165, 1.54) is 6.07 Å². The third-order valence-corrected chi connectivity index (χ3v) is 2.06. The summed E-state index contributed by atoms with van der Waals surface area (Å²) in [6.45, 7) is 0. The van der Waals surface area contributed by atoms with Crippen molar-refractivity contribution in [3.8, 4) is 0 Å². The molecule has 0 saturated heterocycles. The molecule has 0 aliphatic carbocycles. The van der Waals surface area contributed by atoms with E-state index in [4.69, 9.17) is 0 Å². The molecule has 0 aliphatic rings. The van der Waals surface area contributed by atoms with Crippen LogP contribution in [0.1, 0.15) is 12.0 Å². The highest BCUT2D eigenvalue weighted by molar-refractivity contribution is 9.09. The second kappa shape index (κ2) is 4.97. The van der Waals surface area contributed by atoms with Gasteiger partial charge in [0.2, 0.25) is 0 Å². The van der Waals surface area contributed by atoms with Gasteiger partial charge in [-0.15, -0.1) is 0 Å². The van der Waals surface area contributed by atoms with Gasteiger partial charge in [-0.25, -0.2) is 0 Å². The van der Waals surface area contributed by atoms with Crippen molar-refractivity contribution in [1.29, 1.82) is 0 Å². The molecule has 0 atom stereocenters. The molecule has 0 saturated carbocycles. The van der Waals surface area contributed by atoms with Gasteiger partial charge >= 0.3 is 0 Å². The number of hydrogen-bond acceptors (Lipinski definition) is 2. The first-order valence-electron chi connectivity index (χ1n) is 3.88. The fourth-order valence-electron chi connectivity index (χ4n) is 1.04. The number of alkyl halides is 1. The number of hydrogen-bond donors (Lipinski definition) is 0. The molecule has 0 aromatic heterocycles. The number of para-hydroxylation sites is 1. The average Bonchev–Trinajstić information content (AvgIpc) is 2.15. The Balaban J connectivity index is 2.84. The van der Waals surface area contributed by atoms with Gasteiger partial charge in [0.05, 0.1) is 4.92 Å². The van der Waals surface area contributed by atoms with Crippen LogP contribution in [-0.2, 0) is 0 Å². The van der Waals surface area contributed by atoms with Crippen LogP contribution < -0.4 is 0 Å². The van der Waals surface area contributed by atoms with E-state index in [0.29, 0.717) is 5.56 Å². The van der Waals surface area contributed by atoms with Crippen LogP contribution >= 0.6 is 15.9 Å². The molecular weight excluding hydrogens is 234 g/mol. The van der Waals surface area contributed by atoms with Gasteiger partial charge in [0.15, 0.2) is 0 Å². The Morgan fingerprint density at radius 3 is 2.77 bits per heavy atom. The van der Waals surface area contributed by atoms with Gasteiger partial charge < -0.3 is 0 Å². The van der Waals surface area contributed by atoms with Gasteiger partial charge in [-0.05, 0) is 12.8 Å². The maximum absolute atomic E-state index is 10.6. The number of nitro groups is 1. The first-order chi connectivity index (χ1) is 6.25. The highest BCUT2D eigenvalue weighted by atomic mass is 79.9. The van der Waals surface area contributed by atoms with E-state index in [1.807, 2.05) is 6.42 Å². The smallest absolute Gasteiger partial charge is 0.258 e. The van der Waals surface area contributed by atoms with E-state index < -0.39 is 0 Å². The molecule has 1 aromatic carbocycles. The summed E-state index contributed by atoms with van der Waals surface area (Å²) in [4.78, 5) is 10.2. The van der Waals surface area contributed by atoms with E-state index in [-0.39, 0.29) is 10.6 Å². The molecule has 0 N–H and O–H groups in total. The van der Waals surface area contributed by atoms with Crippen LogP contribution in [0, 0.1) is 16.5 Å². The van der Waals surface area contributed by atoms with Crippen molar-refractivity contribution >= 4 is 21.6 Å². The molecule has 0 unspecified atom stereocenters. The number of halogens is 1. The molecule has 13 heavy (non-hydrogen) atoms. The third kappa shape index (κ3) is 2.81. The highest BCUT2D eigenvalue weighted by Crippen LogP contribution is 2.20. The number of rotatable bonds is 4. The molecule has 1 aromatic rings. The van der Waals surface area contributed by atoms with Crippen LogP contribution in [0.5, 0.6) is 0 Å². The summed E-state index contributed by atoms with van der Waals surface area (Å²) >= 11 is 3.27. The summed E-state index contributed by atoms with van der Waals surface area (Å²) in [6, 6.07) is 6.73. The SMILES string of the molecule is O=[N+]([O-])c1ccccc1[CH]CCBr. The molecule has 69 valence electrons. The molecule has 3 nitrogen and oxygen atoms in total. The standard InChI is InChI=1S/C9H9BrNO2/c10-7-3-5-8-4-1-2-6-9(8)11(12)13/h1-2,4-6H,3,7H2. The normalized spacial score (nSPS) is 9.92. The first-order valence-corrected chi connectivity index (χ1v) is 5.00. The molecule has 0 spiro atoms. The van der Waals surface area contributed by atoms with Crippen LogP contribution in [0.2, 0.25) is 0 Å². The summed E-state index contributed by atoms with van der Waals surface area (Å²) < 4.78 is 0. The van der Waals surface area contributed by atoms with Gasteiger partial charge in [0.25, 0.3) is 5.69 Å². The van der Waals surface area contributed by atoms with E-state index in [2.05, 4.69) is 15.9 Å². The minimum atomic E-state index is -0.361. The average molecular weight is 243 g/mol. The molecule has 0 aliphatic heterocycles. The van der Waals surface area contributed by atoms with Gasteiger partial charge in [0.1, 0.15) is 0 Å². The van der Waals surface area contributed by atoms with Crippen LogP contribution in [0.4, 0.5) is 5.69 Å².